The fraction of sp³-hybridized carbons (Fsp3) is 0.188. The molecule has 1 aromatic carbocycles. The zero-order valence-corrected chi connectivity index (χ0v) is 13.3. The van der Waals surface area contributed by atoms with Gasteiger partial charge in [-0.15, -0.1) is 0 Å². The van der Waals surface area contributed by atoms with Crippen LogP contribution < -0.4 is 0 Å². The standard InChI is InChI=1S/C16H12N4O3S/c21-13(10-7-15(20(22)23)24-9-10)8-14-18-12-4-2-1-3-11(12)16-17-5-6-19(14)16/h1-4,7,9H,5-6,8H2. The smallest absolute Gasteiger partial charge is 0.312 e. The Bertz CT molecular complexity index is 916. The minimum Gasteiger partial charge on any atom is -0.312 e. The summed E-state index contributed by atoms with van der Waals surface area (Å²) in [5.41, 5.74) is 2.12. The summed E-state index contributed by atoms with van der Waals surface area (Å²) in [6, 6.07) is 9.02. The molecule has 4 rings (SSSR count). The van der Waals surface area contributed by atoms with Crippen molar-refractivity contribution < 1.29 is 9.72 Å². The van der Waals surface area contributed by atoms with Gasteiger partial charge in [-0.1, -0.05) is 23.5 Å². The van der Waals surface area contributed by atoms with Gasteiger partial charge in [0.2, 0.25) is 0 Å². The van der Waals surface area contributed by atoms with E-state index in [1.165, 1.54) is 11.4 Å². The van der Waals surface area contributed by atoms with E-state index in [9.17, 15) is 14.9 Å². The van der Waals surface area contributed by atoms with Gasteiger partial charge in [0, 0.05) is 29.1 Å². The van der Waals surface area contributed by atoms with Crippen molar-refractivity contribution in [3.05, 3.63) is 57.0 Å². The first-order valence-corrected chi connectivity index (χ1v) is 8.26. The Morgan fingerprint density at radius 2 is 2.21 bits per heavy atom. The second kappa shape index (κ2) is 5.64. The van der Waals surface area contributed by atoms with Crippen molar-refractivity contribution in [2.75, 3.05) is 13.1 Å². The van der Waals surface area contributed by atoms with Gasteiger partial charge in [0.05, 0.1) is 23.6 Å². The van der Waals surface area contributed by atoms with Gasteiger partial charge in [0.15, 0.2) is 5.78 Å². The molecule has 2 aliphatic rings. The monoisotopic (exact) mass is 340 g/mol. The lowest BCUT2D eigenvalue weighted by molar-refractivity contribution is -0.380. The second-order valence-electron chi connectivity index (χ2n) is 5.43. The highest BCUT2D eigenvalue weighted by Crippen LogP contribution is 2.30. The number of benzene rings is 1. The summed E-state index contributed by atoms with van der Waals surface area (Å²) in [5, 5.41) is 12.3. The number of thiophene rings is 1. The number of hydrogen-bond acceptors (Lipinski definition) is 7. The number of nitro groups is 1. The van der Waals surface area contributed by atoms with E-state index in [0.29, 0.717) is 24.5 Å². The molecule has 0 unspecified atom stereocenters. The number of ketones is 1. The Hall–Kier alpha value is -2.87. The van der Waals surface area contributed by atoms with Crippen LogP contribution in [0, 0.1) is 10.1 Å². The molecule has 0 spiro atoms. The van der Waals surface area contributed by atoms with Crippen LogP contribution >= 0.6 is 11.3 Å². The Balaban J connectivity index is 1.64. The van der Waals surface area contributed by atoms with E-state index in [1.54, 1.807) is 0 Å². The molecule has 2 aliphatic heterocycles. The summed E-state index contributed by atoms with van der Waals surface area (Å²) < 4.78 is 0. The molecule has 7 nitrogen and oxygen atoms in total. The lowest BCUT2D eigenvalue weighted by atomic mass is 10.1. The maximum atomic E-state index is 12.5. The number of rotatable bonds is 4. The van der Waals surface area contributed by atoms with Crippen LogP contribution in [-0.4, -0.2) is 40.4 Å². The number of Topliss-reactive ketones (excluding diaryl/α,β-unsaturated/α-hetero) is 1. The molecule has 24 heavy (non-hydrogen) atoms. The first-order chi connectivity index (χ1) is 11.6. The lowest BCUT2D eigenvalue weighted by Crippen LogP contribution is -2.38. The molecule has 0 fully saturated rings. The number of para-hydroxylation sites is 1. The highest BCUT2D eigenvalue weighted by molar-refractivity contribution is 7.13. The number of hydrogen-bond donors (Lipinski definition) is 0. The molecule has 0 N–H and O–H groups in total. The summed E-state index contributed by atoms with van der Waals surface area (Å²) in [5.74, 6) is 1.31. The summed E-state index contributed by atoms with van der Waals surface area (Å²) in [4.78, 5) is 33.9. The molecule has 0 saturated carbocycles. The van der Waals surface area contributed by atoms with Gasteiger partial charge in [0.25, 0.3) is 0 Å². The van der Waals surface area contributed by atoms with Crippen LogP contribution in [0.5, 0.6) is 0 Å². The van der Waals surface area contributed by atoms with Crippen molar-refractivity contribution in [3.63, 3.8) is 0 Å². The molecular weight excluding hydrogens is 328 g/mol. The van der Waals surface area contributed by atoms with Gasteiger partial charge in [-0.05, 0) is 12.1 Å². The van der Waals surface area contributed by atoms with E-state index >= 15 is 0 Å². The zero-order chi connectivity index (χ0) is 16.7. The largest absolute Gasteiger partial charge is 0.324 e. The molecule has 2 aromatic rings. The van der Waals surface area contributed by atoms with Gasteiger partial charge in [-0.25, -0.2) is 4.99 Å². The van der Waals surface area contributed by atoms with Crippen molar-refractivity contribution in [1.29, 1.82) is 0 Å². The van der Waals surface area contributed by atoms with Crippen molar-refractivity contribution in [2.45, 2.75) is 6.42 Å². The van der Waals surface area contributed by atoms with Crippen LogP contribution in [0.3, 0.4) is 0 Å². The third-order valence-electron chi connectivity index (χ3n) is 3.95. The van der Waals surface area contributed by atoms with Crippen LogP contribution in [0.4, 0.5) is 10.7 Å². The zero-order valence-electron chi connectivity index (χ0n) is 12.5. The predicted molar refractivity (Wildman–Crippen MR) is 91.6 cm³/mol. The molecule has 120 valence electrons. The first-order valence-electron chi connectivity index (χ1n) is 7.38. The summed E-state index contributed by atoms with van der Waals surface area (Å²) in [7, 11) is 0. The van der Waals surface area contributed by atoms with Crippen LogP contribution in [0.1, 0.15) is 22.3 Å². The number of aliphatic imine (C=N–C) groups is 2. The Labute approximate surface area is 141 Å². The maximum Gasteiger partial charge on any atom is 0.324 e. The lowest BCUT2D eigenvalue weighted by Gasteiger charge is -2.27. The number of carbonyl (C=O) groups is 1. The predicted octanol–water partition coefficient (Wildman–Crippen LogP) is 3.04. The van der Waals surface area contributed by atoms with Gasteiger partial charge >= 0.3 is 5.00 Å². The van der Waals surface area contributed by atoms with Crippen LogP contribution in [-0.2, 0) is 0 Å². The van der Waals surface area contributed by atoms with Gasteiger partial charge < -0.3 is 4.90 Å². The van der Waals surface area contributed by atoms with Crippen molar-refractivity contribution >= 4 is 39.5 Å². The van der Waals surface area contributed by atoms with E-state index in [0.717, 1.165) is 28.4 Å². The number of amidine groups is 2. The van der Waals surface area contributed by atoms with Gasteiger partial charge in [-0.3, -0.25) is 19.9 Å². The SMILES string of the molecule is O=C(CC1=Nc2ccccc2C2=NCCN12)c1csc([N+](=O)[O-])c1. The molecule has 8 heteroatoms. The minimum atomic E-state index is -0.485. The fourth-order valence-electron chi connectivity index (χ4n) is 2.84. The van der Waals surface area contributed by atoms with Crippen molar-refractivity contribution in [3.8, 4) is 0 Å². The summed E-state index contributed by atoms with van der Waals surface area (Å²) in [6.07, 6.45) is 0.0985. The van der Waals surface area contributed by atoms with E-state index in [4.69, 9.17) is 0 Å². The fourth-order valence-corrected chi connectivity index (χ4v) is 3.56. The average Bonchev–Trinajstić information content (AvgIpc) is 3.25. The molecular formula is C16H12N4O3S. The van der Waals surface area contributed by atoms with E-state index in [1.807, 2.05) is 29.2 Å². The first kappa shape index (κ1) is 14.7. The topological polar surface area (TPSA) is 88.2 Å². The summed E-state index contributed by atoms with van der Waals surface area (Å²) >= 11 is 0.959. The minimum absolute atomic E-state index is 0.0299. The Kier molecular flexibility index (Phi) is 3.46. The maximum absolute atomic E-state index is 12.5. The molecule has 3 heterocycles. The van der Waals surface area contributed by atoms with Crippen molar-refractivity contribution in [1.82, 2.24) is 4.90 Å². The van der Waals surface area contributed by atoms with E-state index in [2.05, 4.69) is 9.98 Å². The molecule has 0 radical (unpaired) electrons. The molecule has 0 saturated heterocycles. The van der Waals surface area contributed by atoms with Crippen LogP contribution in [0.2, 0.25) is 0 Å². The molecule has 0 amide bonds. The van der Waals surface area contributed by atoms with Gasteiger partial charge in [0.1, 0.15) is 11.7 Å². The number of fused-ring (bicyclic) bond motifs is 3. The second-order valence-corrected chi connectivity index (χ2v) is 6.32. The molecule has 0 bridgehead atoms. The highest BCUT2D eigenvalue weighted by atomic mass is 32.1. The molecule has 1 aromatic heterocycles. The van der Waals surface area contributed by atoms with Gasteiger partial charge in [-0.2, -0.15) is 0 Å². The van der Waals surface area contributed by atoms with Crippen LogP contribution in [0.25, 0.3) is 0 Å². The average molecular weight is 340 g/mol. The van der Waals surface area contributed by atoms with Crippen molar-refractivity contribution in [2.24, 2.45) is 9.98 Å². The summed E-state index contributed by atoms with van der Waals surface area (Å²) in [6.45, 7) is 1.36. The molecule has 0 aliphatic carbocycles. The normalized spacial score (nSPS) is 15.4. The van der Waals surface area contributed by atoms with E-state index in [-0.39, 0.29) is 17.2 Å². The van der Waals surface area contributed by atoms with E-state index < -0.39 is 4.92 Å². The van der Waals surface area contributed by atoms with Crippen LogP contribution in [0.15, 0.2) is 45.7 Å². The quantitative estimate of drug-likeness (QED) is 0.486. The Morgan fingerprint density at radius 1 is 1.38 bits per heavy atom. The third-order valence-corrected chi connectivity index (χ3v) is 4.83. The number of nitrogens with zero attached hydrogens (tertiary/aromatic N) is 4. The number of carbonyl (C=O) groups excluding carboxylic acids is 1. The third kappa shape index (κ3) is 2.41. The molecule has 0 atom stereocenters. The Morgan fingerprint density at radius 3 is 3.00 bits per heavy atom. The highest BCUT2D eigenvalue weighted by Gasteiger charge is 2.30.